The van der Waals surface area contributed by atoms with E-state index in [0.29, 0.717) is 0 Å². The Morgan fingerprint density at radius 3 is 2.36 bits per heavy atom. The second kappa shape index (κ2) is 2.81. The summed E-state index contributed by atoms with van der Waals surface area (Å²) >= 11 is 0. The van der Waals surface area contributed by atoms with Crippen molar-refractivity contribution in [3.63, 3.8) is 0 Å². The maximum Gasteiger partial charge on any atom is 0.513 e. The fourth-order valence-electron chi connectivity index (χ4n) is 0.669. The van der Waals surface area contributed by atoms with Gasteiger partial charge in [0.2, 0.25) is 0 Å². The second-order valence-electron chi connectivity index (χ2n) is 2.48. The van der Waals surface area contributed by atoms with Gasteiger partial charge in [0, 0.05) is 0 Å². The van der Waals surface area contributed by atoms with Gasteiger partial charge in [-0.2, -0.15) is 0 Å². The number of alkyl halides is 1. The van der Waals surface area contributed by atoms with Crippen molar-refractivity contribution in [2.24, 2.45) is 0 Å². The lowest BCUT2D eigenvalue weighted by atomic mass is 10.1. The Balaban J connectivity index is 2.54. The third-order valence-corrected chi connectivity index (χ3v) is 2.46. The lowest BCUT2D eigenvalue weighted by Gasteiger charge is -2.28. The zero-order valence-corrected chi connectivity index (χ0v) is 6.94. The molecule has 0 saturated carbocycles. The molecule has 0 aliphatic carbocycles. The maximum absolute atomic E-state index is 13.1. The Labute approximate surface area is 63.3 Å². The molecular formula is C5H9F2O3P. The molecule has 0 atom stereocenters. The van der Waals surface area contributed by atoms with Crippen molar-refractivity contribution in [1.82, 2.24) is 0 Å². The number of hydrogen-bond donors (Lipinski definition) is 0. The van der Waals surface area contributed by atoms with Gasteiger partial charge in [0.25, 0.3) is 0 Å². The minimum Gasteiger partial charge on any atom is -0.280 e. The molecule has 1 rings (SSSR count). The summed E-state index contributed by atoms with van der Waals surface area (Å²) in [6.45, 7) is 0.607. The minimum absolute atomic E-state index is 0.160. The monoisotopic (exact) mass is 186 g/mol. The molecular weight excluding hydrogens is 177 g/mol. The van der Waals surface area contributed by atoms with Crippen molar-refractivity contribution < 1.29 is 22.2 Å². The first kappa shape index (κ1) is 9.10. The summed E-state index contributed by atoms with van der Waals surface area (Å²) in [7, 11) is -4.42. The lowest BCUT2D eigenvalue weighted by molar-refractivity contribution is -0.0246. The van der Waals surface area contributed by atoms with E-state index in [4.69, 9.17) is 0 Å². The van der Waals surface area contributed by atoms with E-state index in [1.54, 1.807) is 6.92 Å². The van der Waals surface area contributed by atoms with Crippen molar-refractivity contribution in [2.45, 2.75) is 19.0 Å². The zero-order valence-electron chi connectivity index (χ0n) is 6.05. The van der Waals surface area contributed by atoms with Crippen LogP contribution in [-0.4, -0.2) is 18.9 Å². The van der Waals surface area contributed by atoms with E-state index in [2.05, 4.69) is 9.05 Å². The van der Waals surface area contributed by atoms with Crippen molar-refractivity contribution in [3.8, 4) is 0 Å². The molecule has 0 amide bonds. The molecule has 11 heavy (non-hydrogen) atoms. The molecule has 0 aromatic heterocycles. The van der Waals surface area contributed by atoms with Crippen LogP contribution in [0.25, 0.3) is 0 Å². The summed E-state index contributed by atoms with van der Waals surface area (Å²) in [5.74, 6) is 0. The second-order valence-corrected chi connectivity index (χ2v) is 3.86. The Hall–Kier alpha value is 0.01000. The molecule has 6 heteroatoms. The Kier molecular flexibility index (Phi) is 2.32. The lowest BCUT2D eigenvalue weighted by Crippen LogP contribution is -2.36. The van der Waals surface area contributed by atoms with Crippen LogP contribution in [0.3, 0.4) is 0 Å². The Bertz CT molecular complexity index is 184. The molecule has 0 spiro atoms. The van der Waals surface area contributed by atoms with E-state index in [-0.39, 0.29) is 6.42 Å². The molecule has 3 nitrogen and oxygen atoms in total. The third kappa shape index (κ3) is 2.22. The van der Waals surface area contributed by atoms with Crippen LogP contribution >= 0.6 is 7.91 Å². The largest absolute Gasteiger partial charge is 0.513 e. The SMILES string of the molecule is CCC1(F)COP(=O)(F)OC1. The van der Waals surface area contributed by atoms with Crippen molar-refractivity contribution >= 4 is 7.91 Å². The first-order valence-electron chi connectivity index (χ1n) is 3.25. The van der Waals surface area contributed by atoms with Gasteiger partial charge < -0.3 is 0 Å². The maximum atomic E-state index is 13.1. The van der Waals surface area contributed by atoms with Crippen LogP contribution in [0.1, 0.15) is 13.3 Å². The van der Waals surface area contributed by atoms with Gasteiger partial charge in [-0.05, 0) is 6.42 Å². The third-order valence-electron chi connectivity index (χ3n) is 1.59. The van der Waals surface area contributed by atoms with Gasteiger partial charge in [0.15, 0.2) is 5.67 Å². The van der Waals surface area contributed by atoms with Gasteiger partial charge in [0.05, 0.1) is 13.2 Å². The highest BCUT2D eigenvalue weighted by Crippen LogP contribution is 2.54. The normalized spacial score (nSPS) is 45.7. The van der Waals surface area contributed by atoms with Crippen LogP contribution in [0, 0.1) is 0 Å². The zero-order chi connectivity index (χ0) is 8.54. The molecule has 0 radical (unpaired) electrons. The predicted octanol–water partition coefficient (Wildman–Crippen LogP) is 2.23. The molecule has 1 saturated heterocycles. The first-order valence-corrected chi connectivity index (χ1v) is 4.68. The van der Waals surface area contributed by atoms with Gasteiger partial charge in [-0.1, -0.05) is 6.92 Å². The van der Waals surface area contributed by atoms with E-state index < -0.39 is 26.8 Å². The van der Waals surface area contributed by atoms with Gasteiger partial charge in [-0.3, -0.25) is 9.05 Å². The average Bonchev–Trinajstić information content (AvgIpc) is 1.97. The van der Waals surface area contributed by atoms with Gasteiger partial charge >= 0.3 is 7.91 Å². The van der Waals surface area contributed by atoms with E-state index in [1.807, 2.05) is 0 Å². The van der Waals surface area contributed by atoms with E-state index >= 15 is 0 Å². The summed E-state index contributed by atoms with van der Waals surface area (Å²) in [6, 6.07) is 0. The highest BCUT2D eigenvalue weighted by atomic mass is 31.2. The fourth-order valence-corrected chi connectivity index (χ4v) is 1.51. The van der Waals surface area contributed by atoms with Gasteiger partial charge in [0.1, 0.15) is 0 Å². The summed E-state index contributed by atoms with van der Waals surface area (Å²) in [6.07, 6.45) is 0.160. The molecule has 0 unspecified atom stereocenters. The molecule has 1 fully saturated rings. The number of hydrogen-bond acceptors (Lipinski definition) is 3. The van der Waals surface area contributed by atoms with Crippen LogP contribution in [0.2, 0.25) is 0 Å². The van der Waals surface area contributed by atoms with Crippen LogP contribution < -0.4 is 0 Å². The highest BCUT2D eigenvalue weighted by Gasteiger charge is 2.41. The van der Waals surface area contributed by atoms with Crippen LogP contribution in [0.15, 0.2) is 0 Å². The molecule has 1 aliphatic rings. The average molecular weight is 186 g/mol. The number of halogens is 2. The van der Waals surface area contributed by atoms with Crippen molar-refractivity contribution in [3.05, 3.63) is 0 Å². The van der Waals surface area contributed by atoms with E-state index in [9.17, 15) is 13.2 Å². The summed E-state index contributed by atoms with van der Waals surface area (Å²) in [4.78, 5) is 0. The molecule has 0 N–H and O–H groups in total. The topological polar surface area (TPSA) is 35.5 Å². The summed E-state index contributed by atoms with van der Waals surface area (Å²) in [5, 5.41) is 0. The van der Waals surface area contributed by atoms with Gasteiger partial charge in [-0.15, -0.1) is 4.20 Å². The fraction of sp³-hybridized carbons (Fsp3) is 1.00. The molecule has 0 aromatic rings. The summed E-state index contributed by atoms with van der Waals surface area (Å²) in [5.41, 5.74) is -1.68. The van der Waals surface area contributed by atoms with Crippen molar-refractivity contribution in [2.75, 3.05) is 13.2 Å². The van der Waals surface area contributed by atoms with Gasteiger partial charge in [-0.25, -0.2) is 8.96 Å². The van der Waals surface area contributed by atoms with Crippen LogP contribution in [0.5, 0.6) is 0 Å². The van der Waals surface area contributed by atoms with Crippen LogP contribution in [-0.2, 0) is 13.6 Å². The molecule has 0 bridgehead atoms. The Morgan fingerprint density at radius 1 is 1.55 bits per heavy atom. The number of rotatable bonds is 1. The predicted molar refractivity (Wildman–Crippen MR) is 34.7 cm³/mol. The quantitative estimate of drug-likeness (QED) is 0.589. The van der Waals surface area contributed by atoms with E-state index in [0.717, 1.165) is 0 Å². The molecule has 1 heterocycles. The molecule has 66 valence electrons. The minimum atomic E-state index is -4.42. The highest BCUT2D eigenvalue weighted by molar-refractivity contribution is 7.48. The van der Waals surface area contributed by atoms with Crippen LogP contribution in [0.4, 0.5) is 8.59 Å². The summed E-state index contributed by atoms with van der Waals surface area (Å²) < 4.78 is 43.9. The van der Waals surface area contributed by atoms with E-state index in [1.165, 1.54) is 0 Å². The first-order chi connectivity index (χ1) is 4.97. The standard InChI is InChI=1S/C5H9F2O3P/c1-2-5(6)3-9-11(7,8)10-4-5/h2-4H2,1H3. The molecule has 0 aromatic carbocycles. The Morgan fingerprint density at radius 2 is 2.00 bits per heavy atom. The smallest absolute Gasteiger partial charge is 0.280 e. The van der Waals surface area contributed by atoms with Crippen molar-refractivity contribution in [1.29, 1.82) is 0 Å². The molecule has 1 aliphatic heterocycles.